The van der Waals surface area contributed by atoms with Gasteiger partial charge in [0.2, 0.25) is 5.88 Å². The molecule has 0 radical (unpaired) electrons. The summed E-state index contributed by atoms with van der Waals surface area (Å²) in [5.41, 5.74) is 0.482. The molecule has 0 fully saturated rings. The Morgan fingerprint density at radius 3 is 2.50 bits per heavy atom. The van der Waals surface area contributed by atoms with Crippen LogP contribution in [0.3, 0.4) is 0 Å². The van der Waals surface area contributed by atoms with Crippen LogP contribution in [0.15, 0.2) is 33.9 Å². The molecular weight excluding hydrogens is 256 g/mol. The Kier molecular flexibility index (Phi) is 3.79. The minimum Gasteiger partial charge on any atom is -0.494 e. The summed E-state index contributed by atoms with van der Waals surface area (Å²) in [5.74, 6) is -0.101. The maximum atomic E-state index is 12.0. The van der Waals surface area contributed by atoms with Crippen molar-refractivity contribution in [1.82, 2.24) is 9.55 Å². The molecule has 1 heterocycles. The molecule has 0 aliphatic heterocycles. The molecule has 5 nitrogen and oxygen atoms in total. The van der Waals surface area contributed by atoms with Gasteiger partial charge in [-0.25, -0.2) is 4.79 Å². The molecule has 0 bridgehead atoms. The van der Waals surface area contributed by atoms with Gasteiger partial charge in [-0.05, 0) is 24.0 Å². The van der Waals surface area contributed by atoms with Gasteiger partial charge in [0.15, 0.2) is 0 Å². The van der Waals surface area contributed by atoms with Crippen LogP contribution in [-0.4, -0.2) is 14.7 Å². The van der Waals surface area contributed by atoms with E-state index in [0.717, 1.165) is 5.56 Å². The highest BCUT2D eigenvalue weighted by atomic mass is 16.3. The molecule has 20 heavy (non-hydrogen) atoms. The average Bonchev–Trinajstić information content (AvgIpc) is 2.36. The van der Waals surface area contributed by atoms with Gasteiger partial charge < -0.3 is 5.11 Å². The molecule has 0 aliphatic rings. The van der Waals surface area contributed by atoms with E-state index in [1.165, 1.54) is 4.57 Å². The van der Waals surface area contributed by atoms with E-state index >= 15 is 0 Å². The lowest BCUT2D eigenvalue weighted by molar-refractivity contribution is 0.378. The van der Waals surface area contributed by atoms with Crippen LogP contribution in [0.2, 0.25) is 0 Å². The van der Waals surface area contributed by atoms with Crippen molar-refractivity contribution in [2.45, 2.75) is 27.3 Å². The standard InChI is InChI=1S/C15H18N2O3/c1-9(2)8-17-14(19)12(13(18)16-15(17)20)11-7-5-4-6-10(11)3/h4-7,9,19H,8H2,1-3H3,(H,16,18,20). The fourth-order valence-corrected chi connectivity index (χ4v) is 2.19. The molecular formula is C15H18N2O3. The third-order valence-corrected chi connectivity index (χ3v) is 3.13. The summed E-state index contributed by atoms with van der Waals surface area (Å²) in [7, 11) is 0. The van der Waals surface area contributed by atoms with Crippen LogP contribution in [0.1, 0.15) is 19.4 Å². The van der Waals surface area contributed by atoms with E-state index in [9.17, 15) is 14.7 Å². The van der Waals surface area contributed by atoms with Gasteiger partial charge in [-0.2, -0.15) is 0 Å². The number of nitrogens with one attached hydrogen (secondary N) is 1. The fraction of sp³-hybridized carbons (Fsp3) is 0.333. The van der Waals surface area contributed by atoms with Gasteiger partial charge in [-0.3, -0.25) is 14.3 Å². The van der Waals surface area contributed by atoms with Crippen molar-refractivity contribution in [3.8, 4) is 17.0 Å². The Morgan fingerprint density at radius 1 is 1.25 bits per heavy atom. The molecule has 0 unspecified atom stereocenters. The fourth-order valence-electron chi connectivity index (χ4n) is 2.19. The zero-order valence-electron chi connectivity index (χ0n) is 11.8. The molecule has 106 valence electrons. The Balaban J connectivity index is 2.75. The smallest absolute Gasteiger partial charge is 0.331 e. The number of aromatic hydroxyl groups is 1. The maximum Gasteiger partial charge on any atom is 0.331 e. The highest BCUT2D eigenvalue weighted by Gasteiger charge is 2.17. The zero-order chi connectivity index (χ0) is 14.9. The van der Waals surface area contributed by atoms with Crippen LogP contribution < -0.4 is 11.2 Å². The summed E-state index contributed by atoms with van der Waals surface area (Å²) in [6.45, 7) is 6.07. The quantitative estimate of drug-likeness (QED) is 0.897. The summed E-state index contributed by atoms with van der Waals surface area (Å²) < 4.78 is 1.20. The number of aryl methyl sites for hydroxylation is 1. The molecule has 0 amide bonds. The number of benzene rings is 1. The molecule has 0 saturated heterocycles. The normalized spacial score (nSPS) is 11.0. The average molecular weight is 274 g/mol. The molecule has 2 N–H and O–H groups in total. The second kappa shape index (κ2) is 5.36. The molecule has 0 atom stereocenters. The first-order valence-corrected chi connectivity index (χ1v) is 6.54. The summed E-state index contributed by atoms with van der Waals surface area (Å²) in [6, 6.07) is 7.25. The van der Waals surface area contributed by atoms with E-state index in [-0.39, 0.29) is 17.4 Å². The molecule has 0 saturated carbocycles. The lowest BCUT2D eigenvalue weighted by atomic mass is 10.0. The predicted molar refractivity (Wildman–Crippen MR) is 78.0 cm³/mol. The molecule has 2 rings (SSSR count). The number of aromatic nitrogens is 2. The predicted octanol–water partition coefficient (Wildman–Crippen LogP) is 1.87. The first-order chi connectivity index (χ1) is 9.41. The first-order valence-electron chi connectivity index (χ1n) is 6.54. The van der Waals surface area contributed by atoms with E-state index < -0.39 is 11.2 Å². The highest BCUT2D eigenvalue weighted by molar-refractivity contribution is 5.70. The van der Waals surface area contributed by atoms with Crippen LogP contribution in [0.4, 0.5) is 0 Å². The van der Waals surface area contributed by atoms with Crippen molar-refractivity contribution >= 4 is 0 Å². The summed E-state index contributed by atoms with van der Waals surface area (Å²) >= 11 is 0. The van der Waals surface area contributed by atoms with Crippen LogP contribution in [0, 0.1) is 12.8 Å². The number of H-pyrrole nitrogens is 1. The largest absolute Gasteiger partial charge is 0.494 e. The minimum absolute atomic E-state index is 0.142. The second-order valence-corrected chi connectivity index (χ2v) is 5.28. The van der Waals surface area contributed by atoms with Crippen LogP contribution in [0.5, 0.6) is 5.88 Å². The lowest BCUT2D eigenvalue weighted by Gasteiger charge is -2.14. The van der Waals surface area contributed by atoms with Gasteiger partial charge >= 0.3 is 5.69 Å². The van der Waals surface area contributed by atoms with Crippen LogP contribution in [-0.2, 0) is 6.54 Å². The monoisotopic (exact) mass is 274 g/mol. The van der Waals surface area contributed by atoms with Crippen LogP contribution in [0.25, 0.3) is 11.1 Å². The van der Waals surface area contributed by atoms with Crippen molar-refractivity contribution in [3.05, 3.63) is 50.7 Å². The first kappa shape index (κ1) is 14.1. The minimum atomic E-state index is -0.585. The van der Waals surface area contributed by atoms with Gasteiger partial charge in [0.1, 0.15) is 5.56 Å². The van der Waals surface area contributed by atoms with E-state index in [0.29, 0.717) is 12.1 Å². The molecule has 5 heteroatoms. The number of aromatic amines is 1. The SMILES string of the molecule is Cc1ccccc1-c1c(O)n(CC(C)C)c(=O)[nH]c1=O. The molecule has 1 aromatic carbocycles. The molecule has 0 aliphatic carbocycles. The number of hydrogen-bond donors (Lipinski definition) is 2. The van der Waals surface area contributed by atoms with E-state index in [1.807, 2.05) is 32.9 Å². The van der Waals surface area contributed by atoms with Gasteiger partial charge in [-0.15, -0.1) is 0 Å². The molecule has 2 aromatic rings. The Hall–Kier alpha value is -2.30. The van der Waals surface area contributed by atoms with Gasteiger partial charge in [-0.1, -0.05) is 38.1 Å². The zero-order valence-corrected chi connectivity index (χ0v) is 11.8. The third kappa shape index (κ3) is 2.52. The number of hydrogen-bond acceptors (Lipinski definition) is 3. The number of rotatable bonds is 3. The van der Waals surface area contributed by atoms with Gasteiger partial charge in [0.05, 0.1) is 0 Å². The van der Waals surface area contributed by atoms with E-state index in [4.69, 9.17) is 0 Å². The van der Waals surface area contributed by atoms with Crippen molar-refractivity contribution in [2.24, 2.45) is 5.92 Å². The molecule has 1 aromatic heterocycles. The Labute approximate surface area is 116 Å². The van der Waals surface area contributed by atoms with Crippen molar-refractivity contribution in [1.29, 1.82) is 0 Å². The maximum absolute atomic E-state index is 12.0. The highest BCUT2D eigenvalue weighted by Crippen LogP contribution is 2.27. The Morgan fingerprint density at radius 2 is 1.90 bits per heavy atom. The van der Waals surface area contributed by atoms with Gasteiger partial charge in [0.25, 0.3) is 5.56 Å². The number of nitrogens with zero attached hydrogens (tertiary/aromatic N) is 1. The van der Waals surface area contributed by atoms with Crippen molar-refractivity contribution in [3.63, 3.8) is 0 Å². The lowest BCUT2D eigenvalue weighted by Crippen LogP contribution is -2.32. The topological polar surface area (TPSA) is 75.1 Å². The third-order valence-electron chi connectivity index (χ3n) is 3.13. The van der Waals surface area contributed by atoms with E-state index in [1.54, 1.807) is 12.1 Å². The summed E-state index contributed by atoms with van der Waals surface area (Å²) in [4.78, 5) is 26.1. The summed E-state index contributed by atoms with van der Waals surface area (Å²) in [5, 5.41) is 10.3. The summed E-state index contributed by atoms with van der Waals surface area (Å²) in [6.07, 6.45) is 0. The van der Waals surface area contributed by atoms with Crippen LogP contribution >= 0.6 is 0 Å². The van der Waals surface area contributed by atoms with E-state index in [2.05, 4.69) is 4.98 Å². The Bertz CT molecular complexity index is 742. The second-order valence-electron chi connectivity index (χ2n) is 5.28. The molecule has 0 spiro atoms. The van der Waals surface area contributed by atoms with Crippen molar-refractivity contribution in [2.75, 3.05) is 0 Å². The van der Waals surface area contributed by atoms with Crippen molar-refractivity contribution < 1.29 is 5.11 Å². The van der Waals surface area contributed by atoms with Gasteiger partial charge in [0, 0.05) is 6.54 Å².